The molecule has 2 N–H and O–H groups in total. The van der Waals surface area contributed by atoms with E-state index in [0.29, 0.717) is 18.3 Å². The van der Waals surface area contributed by atoms with Gasteiger partial charge in [0.1, 0.15) is 18.2 Å². The molecule has 27 heavy (non-hydrogen) atoms. The summed E-state index contributed by atoms with van der Waals surface area (Å²) >= 11 is 8.75. The zero-order chi connectivity index (χ0) is 19.1. The van der Waals surface area contributed by atoms with Crippen LogP contribution in [0.5, 0.6) is 5.75 Å². The molecule has 0 unspecified atom stereocenters. The van der Waals surface area contributed by atoms with Crippen molar-refractivity contribution in [2.24, 2.45) is 0 Å². The van der Waals surface area contributed by atoms with Gasteiger partial charge in [-0.1, -0.05) is 46.3 Å². The van der Waals surface area contributed by atoms with Crippen molar-refractivity contribution in [1.82, 2.24) is 5.32 Å². The van der Waals surface area contributed by atoms with Gasteiger partial charge in [0, 0.05) is 16.7 Å². The van der Waals surface area contributed by atoms with Gasteiger partial charge in [-0.15, -0.1) is 0 Å². The first kappa shape index (κ1) is 19.3. The van der Waals surface area contributed by atoms with Crippen molar-refractivity contribution in [3.63, 3.8) is 0 Å². The van der Waals surface area contributed by atoms with Crippen LogP contribution < -0.4 is 15.4 Å². The Morgan fingerprint density at radius 3 is 2.37 bits per heavy atom. The molecular formula is C21H18BrFN2OS. The third-order valence-electron chi connectivity index (χ3n) is 3.78. The summed E-state index contributed by atoms with van der Waals surface area (Å²) in [6, 6.07) is 21.9. The van der Waals surface area contributed by atoms with E-state index >= 15 is 0 Å². The Morgan fingerprint density at radius 1 is 0.963 bits per heavy atom. The molecule has 0 amide bonds. The fraction of sp³-hybridized carbons (Fsp3) is 0.0952. The molecule has 0 saturated heterocycles. The number of halogens is 2. The maximum atomic E-state index is 12.9. The molecule has 0 bridgehead atoms. The maximum Gasteiger partial charge on any atom is 0.171 e. The molecule has 0 aliphatic rings. The van der Waals surface area contributed by atoms with Crippen molar-refractivity contribution in [2.75, 3.05) is 5.32 Å². The van der Waals surface area contributed by atoms with Crippen LogP contribution in [0.25, 0.3) is 0 Å². The molecule has 0 fully saturated rings. The molecule has 0 aromatic heterocycles. The second-order valence-corrected chi connectivity index (χ2v) is 7.20. The highest BCUT2D eigenvalue weighted by atomic mass is 79.9. The highest BCUT2D eigenvalue weighted by Gasteiger charge is 2.01. The molecule has 0 aliphatic carbocycles. The third-order valence-corrected chi connectivity index (χ3v) is 4.52. The molecular weight excluding hydrogens is 427 g/mol. The standard InChI is InChI=1S/C21H18BrFN2OS/c22-17-2-1-3-19(12-17)25-21(27)24-13-15-6-10-20(11-7-15)26-14-16-4-8-18(23)9-5-16/h1-12H,13-14H2,(H2,24,25,27). The normalized spacial score (nSPS) is 10.3. The van der Waals surface area contributed by atoms with Crippen LogP contribution in [0.4, 0.5) is 10.1 Å². The minimum Gasteiger partial charge on any atom is -0.489 e. The van der Waals surface area contributed by atoms with Crippen LogP contribution in [0.2, 0.25) is 0 Å². The number of hydrogen-bond acceptors (Lipinski definition) is 2. The minimum atomic E-state index is -0.247. The zero-order valence-corrected chi connectivity index (χ0v) is 16.8. The van der Waals surface area contributed by atoms with Crippen LogP contribution in [-0.2, 0) is 13.2 Å². The lowest BCUT2D eigenvalue weighted by atomic mass is 10.2. The molecule has 0 atom stereocenters. The van der Waals surface area contributed by atoms with E-state index in [0.717, 1.165) is 27.0 Å². The van der Waals surface area contributed by atoms with Gasteiger partial charge in [0.2, 0.25) is 0 Å². The van der Waals surface area contributed by atoms with Gasteiger partial charge in [-0.25, -0.2) is 4.39 Å². The maximum absolute atomic E-state index is 12.9. The monoisotopic (exact) mass is 444 g/mol. The predicted molar refractivity (Wildman–Crippen MR) is 114 cm³/mol. The number of ether oxygens (including phenoxy) is 1. The summed E-state index contributed by atoms with van der Waals surface area (Å²) in [6.07, 6.45) is 0. The Bertz CT molecular complexity index is 901. The van der Waals surface area contributed by atoms with Crippen LogP contribution in [-0.4, -0.2) is 5.11 Å². The van der Waals surface area contributed by atoms with E-state index in [-0.39, 0.29) is 5.82 Å². The van der Waals surface area contributed by atoms with Gasteiger partial charge in [-0.3, -0.25) is 0 Å². The highest BCUT2D eigenvalue weighted by Crippen LogP contribution is 2.16. The van der Waals surface area contributed by atoms with E-state index in [4.69, 9.17) is 17.0 Å². The molecule has 138 valence electrons. The molecule has 0 aliphatic heterocycles. The molecule has 0 saturated carbocycles. The molecule has 6 heteroatoms. The summed E-state index contributed by atoms with van der Waals surface area (Å²) in [6.45, 7) is 1.01. The number of nitrogens with one attached hydrogen (secondary N) is 2. The summed E-state index contributed by atoms with van der Waals surface area (Å²) in [5.41, 5.74) is 2.93. The third kappa shape index (κ3) is 6.34. The summed E-state index contributed by atoms with van der Waals surface area (Å²) < 4.78 is 19.6. The Kier molecular flexibility index (Phi) is 6.79. The topological polar surface area (TPSA) is 33.3 Å². The van der Waals surface area contributed by atoms with Gasteiger partial charge in [-0.05, 0) is 65.8 Å². The van der Waals surface area contributed by atoms with Gasteiger partial charge in [0.15, 0.2) is 5.11 Å². The smallest absolute Gasteiger partial charge is 0.171 e. The molecule has 3 rings (SSSR count). The van der Waals surface area contributed by atoms with E-state index in [1.165, 1.54) is 12.1 Å². The van der Waals surface area contributed by atoms with Gasteiger partial charge in [0.25, 0.3) is 0 Å². The van der Waals surface area contributed by atoms with Crippen LogP contribution in [0.3, 0.4) is 0 Å². The lowest BCUT2D eigenvalue weighted by molar-refractivity contribution is 0.306. The first-order valence-electron chi connectivity index (χ1n) is 8.35. The van der Waals surface area contributed by atoms with Crippen LogP contribution in [0.15, 0.2) is 77.3 Å². The molecule has 3 aromatic rings. The Balaban J connectivity index is 1.45. The second-order valence-electron chi connectivity index (χ2n) is 5.88. The van der Waals surface area contributed by atoms with Gasteiger partial charge in [-0.2, -0.15) is 0 Å². The molecule has 3 aromatic carbocycles. The fourth-order valence-corrected chi connectivity index (χ4v) is 2.96. The number of anilines is 1. The average Bonchev–Trinajstić information content (AvgIpc) is 2.67. The van der Waals surface area contributed by atoms with Crippen LogP contribution >= 0.6 is 28.1 Å². The van der Waals surface area contributed by atoms with Crippen molar-refractivity contribution in [2.45, 2.75) is 13.2 Å². The summed E-state index contributed by atoms with van der Waals surface area (Å²) in [5.74, 6) is 0.515. The van der Waals surface area contributed by atoms with Crippen molar-refractivity contribution < 1.29 is 9.13 Å². The molecule has 0 heterocycles. The molecule has 0 radical (unpaired) electrons. The minimum absolute atomic E-state index is 0.247. The number of hydrogen-bond donors (Lipinski definition) is 2. The summed E-state index contributed by atoms with van der Waals surface area (Å²) in [7, 11) is 0. The van der Waals surface area contributed by atoms with Gasteiger partial charge < -0.3 is 15.4 Å². The van der Waals surface area contributed by atoms with E-state index in [9.17, 15) is 4.39 Å². The first-order chi connectivity index (χ1) is 13.1. The largest absolute Gasteiger partial charge is 0.489 e. The second kappa shape index (κ2) is 9.48. The average molecular weight is 445 g/mol. The van der Waals surface area contributed by atoms with E-state index in [1.54, 1.807) is 12.1 Å². The van der Waals surface area contributed by atoms with Crippen molar-refractivity contribution >= 4 is 38.9 Å². The number of thiocarbonyl (C=S) groups is 1. The Morgan fingerprint density at radius 2 is 1.67 bits per heavy atom. The van der Waals surface area contributed by atoms with Crippen molar-refractivity contribution in [3.8, 4) is 5.75 Å². The summed E-state index contributed by atoms with van der Waals surface area (Å²) in [4.78, 5) is 0. The molecule has 3 nitrogen and oxygen atoms in total. The van der Waals surface area contributed by atoms with E-state index < -0.39 is 0 Å². The van der Waals surface area contributed by atoms with Gasteiger partial charge in [0.05, 0.1) is 0 Å². The lowest BCUT2D eigenvalue weighted by Gasteiger charge is -2.11. The Hall–Kier alpha value is -2.44. The van der Waals surface area contributed by atoms with Crippen LogP contribution in [0, 0.1) is 5.82 Å². The fourth-order valence-electron chi connectivity index (χ4n) is 2.37. The van der Waals surface area contributed by atoms with Crippen molar-refractivity contribution in [1.29, 1.82) is 0 Å². The van der Waals surface area contributed by atoms with E-state index in [2.05, 4.69) is 26.6 Å². The lowest BCUT2D eigenvalue weighted by Crippen LogP contribution is -2.27. The quantitative estimate of drug-likeness (QED) is 0.481. The highest BCUT2D eigenvalue weighted by molar-refractivity contribution is 9.10. The number of benzene rings is 3. The number of rotatable bonds is 6. The molecule has 0 spiro atoms. The first-order valence-corrected chi connectivity index (χ1v) is 9.55. The van der Waals surface area contributed by atoms with Gasteiger partial charge >= 0.3 is 0 Å². The van der Waals surface area contributed by atoms with Crippen LogP contribution in [0.1, 0.15) is 11.1 Å². The van der Waals surface area contributed by atoms with E-state index in [1.807, 2.05) is 48.5 Å². The zero-order valence-electron chi connectivity index (χ0n) is 14.4. The van der Waals surface area contributed by atoms with Crippen molar-refractivity contribution in [3.05, 3.63) is 94.2 Å². The SMILES string of the molecule is Fc1ccc(COc2ccc(CNC(=S)Nc3cccc(Br)c3)cc2)cc1. The predicted octanol–water partition coefficient (Wildman–Crippen LogP) is 5.65. The Labute approximate surface area is 171 Å². The summed E-state index contributed by atoms with van der Waals surface area (Å²) in [5, 5.41) is 6.88.